The molecule has 2 N–H and O–H groups in total. The standard InChI is InChI=1S/C10H21F2N3O3S/c11-10(12)9-15(5-7-16)19(17,18)8-6-14-3-1-13-2-4-14/h10,13,16H,1-9H2. The van der Waals surface area contributed by atoms with Crippen molar-refractivity contribution < 1.29 is 22.3 Å². The topological polar surface area (TPSA) is 72.9 Å². The summed E-state index contributed by atoms with van der Waals surface area (Å²) in [6.45, 7) is 1.84. The predicted molar refractivity (Wildman–Crippen MR) is 67.8 cm³/mol. The summed E-state index contributed by atoms with van der Waals surface area (Å²) in [5, 5.41) is 11.9. The molecule has 9 heteroatoms. The minimum Gasteiger partial charge on any atom is -0.395 e. The van der Waals surface area contributed by atoms with Crippen LogP contribution in [0.5, 0.6) is 0 Å². The first-order chi connectivity index (χ1) is 8.95. The molecule has 0 atom stereocenters. The lowest BCUT2D eigenvalue weighted by atomic mass is 10.4. The first-order valence-electron chi connectivity index (χ1n) is 6.25. The van der Waals surface area contributed by atoms with E-state index in [0.717, 1.165) is 26.2 Å². The molecule has 1 heterocycles. The fraction of sp³-hybridized carbons (Fsp3) is 1.00. The first kappa shape index (κ1) is 16.7. The Labute approximate surface area is 112 Å². The van der Waals surface area contributed by atoms with Gasteiger partial charge in [0, 0.05) is 39.3 Å². The van der Waals surface area contributed by atoms with Gasteiger partial charge in [-0.3, -0.25) is 4.90 Å². The van der Waals surface area contributed by atoms with Crippen molar-refractivity contribution in [3.05, 3.63) is 0 Å². The van der Waals surface area contributed by atoms with Gasteiger partial charge in [-0.15, -0.1) is 0 Å². The fourth-order valence-corrected chi connectivity index (χ4v) is 3.36. The molecule has 0 spiro atoms. The summed E-state index contributed by atoms with van der Waals surface area (Å²) in [5.41, 5.74) is 0. The lowest BCUT2D eigenvalue weighted by molar-refractivity contribution is 0.113. The molecule has 0 aromatic heterocycles. The van der Waals surface area contributed by atoms with Gasteiger partial charge >= 0.3 is 0 Å². The maximum absolute atomic E-state index is 12.3. The lowest BCUT2D eigenvalue weighted by Gasteiger charge is -2.28. The van der Waals surface area contributed by atoms with E-state index < -0.39 is 29.6 Å². The van der Waals surface area contributed by atoms with Crippen molar-refractivity contribution in [1.82, 2.24) is 14.5 Å². The molecule has 0 aliphatic carbocycles. The largest absolute Gasteiger partial charge is 0.395 e. The Kier molecular flexibility index (Phi) is 7.08. The van der Waals surface area contributed by atoms with Gasteiger partial charge in [0.05, 0.1) is 18.9 Å². The highest BCUT2D eigenvalue weighted by Gasteiger charge is 2.25. The smallest absolute Gasteiger partial charge is 0.252 e. The van der Waals surface area contributed by atoms with Crippen molar-refractivity contribution in [3.63, 3.8) is 0 Å². The molecule has 0 unspecified atom stereocenters. The SMILES string of the molecule is O=S(=O)(CCN1CCNCC1)N(CCO)CC(F)F. The summed E-state index contributed by atoms with van der Waals surface area (Å²) in [5.74, 6) is -0.195. The molecule has 1 saturated heterocycles. The molecular weight excluding hydrogens is 280 g/mol. The second kappa shape index (κ2) is 8.05. The molecule has 0 aromatic carbocycles. The van der Waals surface area contributed by atoms with Gasteiger partial charge in [-0.25, -0.2) is 17.2 Å². The van der Waals surface area contributed by atoms with Crippen LogP contribution in [-0.2, 0) is 10.0 Å². The predicted octanol–water partition coefficient (Wildman–Crippen LogP) is -1.22. The van der Waals surface area contributed by atoms with Crippen LogP contribution < -0.4 is 5.32 Å². The number of hydrogen-bond donors (Lipinski definition) is 2. The minimum absolute atomic E-state index is 0.195. The van der Waals surface area contributed by atoms with E-state index in [-0.39, 0.29) is 12.3 Å². The molecule has 19 heavy (non-hydrogen) atoms. The third kappa shape index (κ3) is 6.09. The molecule has 0 aromatic rings. The van der Waals surface area contributed by atoms with Crippen LogP contribution in [0.15, 0.2) is 0 Å². The summed E-state index contributed by atoms with van der Waals surface area (Å²) >= 11 is 0. The van der Waals surface area contributed by atoms with Crippen LogP contribution in [0.1, 0.15) is 0 Å². The number of nitrogens with zero attached hydrogens (tertiary/aromatic N) is 2. The first-order valence-corrected chi connectivity index (χ1v) is 7.86. The zero-order chi connectivity index (χ0) is 14.3. The zero-order valence-electron chi connectivity index (χ0n) is 10.8. The van der Waals surface area contributed by atoms with Crippen LogP contribution in [0.25, 0.3) is 0 Å². The van der Waals surface area contributed by atoms with Gasteiger partial charge in [0.25, 0.3) is 6.43 Å². The molecule has 114 valence electrons. The Morgan fingerprint density at radius 2 is 1.95 bits per heavy atom. The molecule has 0 bridgehead atoms. The van der Waals surface area contributed by atoms with Crippen LogP contribution >= 0.6 is 0 Å². The van der Waals surface area contributed by atoms with Crippen molar-refractivity contribution in [2.24, 2.45) is 0 Å². The van der Waals surface area contributed by atoms with Crippen LogP contribution in [0, 0.1) is 0 Å². The number of aliphatic hydroxyl groups is 1. The number of hydrogen-bond acceptors (Lipinski definition) is 5. The second-order valence-corrected chi connectivity index (χ2v) is 6.47. The molecule has 1 rings (SSSR count). The Morgan fingerprint density at radius 1 is 1.32 bits per heavy atom. The van der Waals surface area contributed by atoms with Gasteiger partial charge in [-0.2, -0.15) is 4.31 Å². The van der Waals surface area contributed by atoms with E-state index in [4.69, 9.17) is 5.11 Å². The van der Waals surface area contributed by atoms with Crippen molar-refractivity contribution >= 4 is 10.0 Å². The van der Waals surface area contributed by atoms with Crippen LogP contribution in [0.4, 0.5) is 8.78 Å². The fourth-order valence-electron chi connectivity index (χ4n) is 1.92. The van der Waals surface area contributed by atoms with E-state index in [1.807, 2.05) is 4.90 Å². The second-order valence-electron chi connectivity index (χ2n) is 4.38. The summed E-state index contributed by atoms with van der Waals surface area (Å²) in [4.78, 5) is 1.98. The van der Waals surface area contributed by atoms with Gasteiger partial charge in [0.15, 0.2) is 0 Å². The Morgan fingerprint density at radius 3 is 2.47 bits per heavy atom. The van der Waals surface area contributed by atoms with E-state index in [9.17, 15) is 17.2 Å². The summed E-state index contributed by atoms with van der Waals surface area (Å²) in [6.07, 6.45) is -2.74. The number of alkyl halides is 2. The summed E-state index contributed by atoms with van der Waals surface area (Å²) < 4.78 is 49.2. The molecule has 0 saturated carbocycles. The molecule has 0 radical (unpaired) electrons. The highest BCUT2D eigenvalue weighted by molar-refractivity contribution is 7.89. The number of aliphatic hydroxyl groups excluding tert-OH is 1. The average Bonchev–Trinajstić information content (AvgIpc) is 2.37. The van der Waals surface area contributed by atoms with Crippen molar-refractivity contribution in [3.8, 4) is 0 Å². The van der Waals surface area contributed by atoms with Crippen molar-refractivity contribution in [2.75, 3.05) is 58.2 Å². The summed E-state index contributed by atoms with van der Waals surface area (Å²) in [7, 11) is -3.75. The monoisotopic (exact) mass is 301 g/mol. The zero-order valence-corrected chi connectivity index (χ0v) is 11.6. The van der Waals surface area contributed by atoms with Gasteiger partial charge in [0.1, 0.15) is 0 Å². The number of nitrogens with one attached hydrogen (secondary N) is 1. The van der Waals surface area contributed by atoms with Gasteiger partial charge in [-0.05, 0) is 0 Å². The van der Waals surface area contributed by atoms with Crippen molar-refractivity contribution in [2.45, 2.75) is 6.43 Å². The lowest BCUT2D eigenvalue weighted by Crippen LogP contribution is -2.47. The van der Waals surface area contributed by atoms with Crippen LogP contribution in [0.2, 0.25) is 0 Å². The number of halogens is 2. The average molecular weight is 301 g/mol. The number of rotatable bonds is 8. The van der Waals surface area contributed by atoms with E-state index in [0.29, 0.717) is 10.8 Å². The highest BCUT2D eigenvalue weighted by Crippen LogP contribution is 2.07. The van der Waals surface area contributed by atoms with E-state index in [1.165, 1.54) is 0 Å². The molecule has 1 aliphatic rings. The van der Waals surface area contributed by atoms with E-state index in [1.54, 1.807) is 0 Å². The molecule has 1 fully saturated rings. The summed E-state index contributed by atoms with van der Waals surface area (Å²) in [6, 6.07) is 0. The number of sulfonamides is 1. The maximum Gasteiger partial charge on any atom is 0.252 e. The van der Waals surface area contributed by atoms with Gasteiger partial charge in [0.2, 0.25) is 10.0 Å². The number of piperazine rings is 1. The van der Waals surface area contributed by atoms with Crippen LogP contribution in [-0.4, -0.2) is 87.3 Å². The highest BCUT2D eigenvalue weighted by atomic mass is 32.2. The molecule has 1 aliphatic heterocycles. The Hall–Kier alpha value is -0.350. The maximum atomic E-state index is 12.3. The van der Waals surface area contributed by atoms with Gasteiger partial charge in [-0.1, -0.05) is 0 Å². The quantitative estimate of drug-likeness (QED) is 0.588. The molecule has 0 amide bonds. The minimum atomic E-state index is -3.75. The van der Waals surface area contributed by atoms with Crippen LogP contribution in [0.3, 0.4) is 0 Å². The van der Waals surface area contributed by atoms with Gasteiger partial charge < -0.3 is 10.4 Å². The Bertz CT molecular complexity index is 348. The Balaban J connectivity index is 2.50. The van der Waals surface area contributed by atoms with E-state index in [2.05, 4.69) is 5.32 Å². The van der Waals surface area contributed by atoms with E-state index >= 15 is 0 Å². The normalized spacial score (nSPS) is 18.4. The molecule has 6 nitrogen and oxygen atoms in total. The van der Waals surface area contributed by atoms with Crippen molar-refractivity contribution in [1.29, 1.82) is 0 Å². The third-order valence-corrected chi connectivity index (χ3v) is 4.78. The molecular formula is C10H21F2N3O3S. The third-order valence-electron chi connectivity index (χ3n) is 2.96.